The summed E-state index contributed by atoms with van der Waals surface area (Å²) in [5.74, 6) is -0.0786. The number of rotatable bonds is 3. The Labute approximate surface area is 127 Å². The van der Waals surface area contributed by atoms with E-state index in [0.717, 1.165) is 23.3 Å². The van der Waals surface area contributed by atoms with Crippen LogP contribution in [-0.4, -0.2) is 16.8 Å². The van der Waals surface area contributed by atoms with E-state index in [1.807, 2.05) is 24.3 Å². The lowest BCUT2D eigenvalue weighted by atomic mass is 10.1. The molecule has 3 rings (SSSR count). The second-order valence-electron chi connectivity index (χ2n) is 5.13. The molecule has 1 heterocycles. The second kappa shape index (κ2) is 5.69. The summed E-state index contributed by atoms with van der Waals surface area (Å²) in [4.78, 5) is 14.4. The molecular formula is C16H16N2O2S. The number of hydrogen-bond donors (Lipinski definition) is 2. The number of nitrogens with one attached hydrogen (secondary N) is 1. The van der Waals surface area contributed by atoms with E-state index in [1.54, 1.807) is 24.3 Å². The van der Waals surface area contributed by atoms with Crippen LogP contribution >= 0.6 is 11.3 Å². The number of amides is 1. The highest BCUT2D eigenvalue weighted by molar-refractivity contribution is 7.14. The maximum atomic E-state index is 12.3. The number of carbonyl (C=O) groups excluding carboxylic acids is 1. The molecule has 21 heavy (non-hydrogen) atoms. The first-order valence-corrected chi connectivity index (χ1v) is 7.71. The van der Waals surface area contributed by atoms with Gasteiger partial charge in [-0.1, -0.05) is 17.3 Å². The largest absolute Gasteiger partial charge is 0.411 e. The van der Waals surface area contributed by atoms with Crippen LogP contribution in [0.4, 0.5) is 5.69 Å². The Bertz CT molecular complexity index is 697. The van der Waals surface area contributed by atoms with Crippen LogP contribution in [0.3, 0.4) is 0 Å². The molecule has 0 aliphatic heterocycles. The summed E-state index contributed by atoms with van der Waals surface area (Å²) in [6.45, 7) is 1.71. The van der Waals surface area contributed by atoms with E-state index in [4.69, 9.17) is 5.21 Å². The average Bonchev–Trinajstić information content (AvgIpc) is 3.08. The summed E-state index contributed by atoms with van der Waals surface area (Å²) >= 11 is 1.59. The zero-order valence-electron chi connectivity index (χ0n) is 11.7. The van der Waals surface area contributed by atoms with Gasteiger partial charge < -0.3 is 10.5 Å². The molecule has 1 aliphatic carbocycles. The molecule has 0 radical (unpaired) electrons. The van der Waals surface area contributed by atoms with Gasteiger partial charge in [0.05, 0.1) is 10.6 Å². The van der Waals surface area contributed by atoms with Crippen LogP contribution in [0.15, 0.2) is 35.5 Å². The molecule has 0 atom stereocenters. The van der Waals surface area contributed by atoms with E-state index in [2.05, 4.69) is 10.5 Å². The highest BCUT2D eigenvalue weighted by Crippen LogP contribution is 2.31. The number of aryl methyl sites for hydroxylation is 2. The van der Waals surface area contributed by atoms with Gasteiger partial charge in [0.2, 0.25) is 0 Å². The van der Waals surface area contributed by atoms with Gasteiger partial charge in [0.15, 0.2) is 0 Å². The molecule has 0 spiro atoms. The van der Waals surface area contributed by atoms with Crippen molar-refractivity contribution < 1.29 is 10.0 Å². The van der Waals surface area contributed by atoms with Crippen molar-refractivity contribution >= 4 is 28.6 Å². The van der Waals surface area contributed by atoms with E-state index in [-0.39, 0.29) is 5.91 Å². The van der Waals surface area contributed by atoms with Crippen LogP contribution in [0, 0.1) is 0 Å². The number of carbonyl (C=O) groups is 1. The molecule has 108 valence electrons. The van der Waals surface area contributed by atoms with Crippen LogP contribution in [0.5, 0.6) is 0 Å². The van der Waals surface area contributed by atoms with Crippen LogP contribution in [0.25, 0.3) is 0 Å². The van der Waals surface area contributed by atoms with Gasteiger partial charge in [-0.15, -0.1) is 11.3 Å². The van der Waals surface area contributed by atoms with Crippen molar-refractivity contribution in [2.24, 2.45) is 5.16 Å². The summed E-state index contributed by atoms with van der Waals surface area (Å²) in [6, 6.07) is 9.30. The van der Waals surface area contributed by atoms with Gasteiger partial charge in [-0.2, -0.15) is 0 Å². The average molecular weight is 300 g/mol. The Morgan fingerprint density at radius 3 is 2.95 bits per heavy atom. The lowest BCUT2D eigenvalue weighted by Gasteiger charge is -2.06. The topological polar surface area (TPSA) is 61.7 Å². The first-order chi connectivity index (χ1) is 10.2. The van der Waals surface area contributed by atoms with Crippen LogP contribution in [-0.2, 0) is 12.8 Å². The number of hydrogen-bond acceptors (Lipinski definition) is 4. The molecule has 0 bridgehead atoms. The predicted octanol–water partition coefficient (Wildman–Crippen LogP) is 3.69. The van der Waals surface area contributed by atoms with Crippen LogP contribution in [0.2, 0.25) is 0 Å². The Kier molecular flexibility index (Phi) is 3.75. The first-order valence-electron chi connectivity index (χ1n) is 6.89. The zero-order valence-corrected chi connectivity index (χ0v) is 12.5. The van der Waals surface area contributed by atoms with Crippen molar-refractivity contribution in [3.63, 3.8) is 0 Å². The second-order valence-corrected chi connectivity index (χ2v) is 6.27. The van der Waals surface area contributed by atoms with Gasteiger partial charge in [0, 0.05) is 16.1 Å². The third kappa shape index (κ3) is 2.83. The van der Waals surface area contributed by atoms with Crippen molar-refractivity contribution in [1.29, 1.82) is 0 Å². The van der Waals surface area contributed by atoms with Crippen LogP contribution < -0.4 is 5.32 Å². The molecule has 1 aliphatic rings. The Morgan fingerprint density at radius 1 is 1.33 bits per heavy atom. The number of benzene rings is 1. The van der Waals surface area contributed by atoms with Crippen LogP contribution in [0.1, 0.15) is 39.0 Å². The summed E-state index contributed by atoms with van der Waals surface area (Å²) in [7, 11) is 0. The molecule has 1 aromatic heterocycles. The fraction of sp³-hybridized carbons (Fsp3) is 0.250. The van der Waals surface area contributed by atoms with Crippen molar-refractivity contribution in [3.05, 3.63) is 51.2 Å². The van der Waals surface area contributed by atoms with E-state index in [0.29, 0.717) is 11.4 Å². The maximum Gasteiger partial charge on any atom is 0.265 e. The molecule has 5 heteroatoms. The first kappa shape index (κ1) is 13.8. The van der Waals surface area contributed by atoms with Gasteiger partial charge >= 0.3 is 0 Å². The monoisotopic (exact) mass is 300 g/mol. The minimum atomic E-state index is -0.0786. The van der Waals surface area contributed by atoms with E-state index >= 15 is 0 Å². The zero-order chi connectivity index (χ0) is 14.8. The molecular weight excluding hydrogens is 284 g/mol. The molecule has 0 saturated carbocycles. The van der Waals surface area contributed by atoms with Gasteiger partial charge in [0.25, 0.3) is 5.91 Å². The molecule has 0 unspecified atom stereocenters. The van der Waals surface area contributed by atoms with Gasteiger partial charge in [-0.25, -0.2) is 0 Å². The Morgan fingerprint density at radius 2 is 2.19 bits per heavy atom. The minimum Gasteiger partial charge on any atom is -0.411 e. The molecule has 1 amide bonds. The van der Waals surface area contributed by atoms with E-state index < -0.39 is 0 Å². The molecule has 4 nitrogen and oxygen atoms in total. The fourth-order valence-corrected chi connectivity index (χ4v) is 3.66. The van der Waals surface area contributed by atoms with Gasteiger partial charge in [-0.05, 0) is 49.9 Å². The minimum absolute atomic E-state index is 0.0786. The summed E-state index contributed by atoms with van der Waals surface area (Å²) < 4.78 is 0. The quantitative estimate of drug-likeness (QED) is 0.516. The maximum absolute atomic E-state index is 12.3. The third-order valence-corrected chi connectivity index (χ3v) is 4.89. The van der Waals surface area contributed by atoms with Crippen molar-refractivity contribution in [2.75, 3.05) is 5.32 Å². The summed E-state index contributed by atoms with van der Waals surface area (Å²) in [5.41, 5.74) is 3.32. The molecule has 0 fully saturated rings. The molecule has 0 saturated heterocycles. The third-order valence-electron chi connectivity index (χ3n) is 3.66. The standard InChI is InChI=1S/C16H16N2O2S/c1-10(18-20)11-4-2-6-13(8-11)17-16(19)15-9-12-5-3-7-14(12)21-15/h2,4,6,8-9,20H,3,5,7H2,1H3,(H,17,19)/b18-10+. The summed E-state index contributed by atoms with van der Waals surface area (Å²) in [5, 5.41) is 14.9. The number of anilines is 1. The number of thiophene rings is 1. The molecule has 2 N–H and O–H groups in total. The highest BCUT2D eigenvalue weighted by atomic mass is 32.1. The number of nitrogens with zero attached hydrogens (tertiary/aromatic N) is 1. The van der Waals surface area contributed by atoms with E-state index in [1.165, 1.54) is 16.9 Å². The lowest BCUT2D eigenvalue weighted by Crippen LogP contribution is -2.10. The van der Waals surface area contributed by atoms with Crippen molar-refractivity contribution in [3.8, 4) is 0 Å². The highest BCUT2D eigenvalue weighted by Gasteiger charge is 2.18. The number of oxime groups is 1. The SMILES string of the molecule is C/C(=N\O)c1cccc(NC(=O)c2cc3c(s2)CCC3)c1. The van der Waals surface area contributed by atoms with Gasteiger partial charge in [-0.3, -0.25) is 4.79 Å². The van der Waals surface area contributed by atoms with Crippen molar-refractivity contribution in [1.82, 2.24) is 0 Å². The van der Waals surface area contributed by atoms with Crippen molar-refractivity contribution in [2.45, 2.75) is 26.2 Å². The molecule has 1 aromatic carbocycles. The van der Waals surface area contributed by atoms with Gasteiger partial charge in [0.1, 0.15) is 0 Å². The predicted molar refractivity (Wildman–Crippen MR) is 84.7 cm³/mol. The lowest BCUT2D eigenvalue weighted by molar-refractivity contribution is 0.103. The Balaban J connectivity index is 1.78. The fourth-order valence-electron chi connectivity index (χ4n) is 2.51. The smallest absolute Gasteiger partial charge is 0.265 e. The normalized spacial score (nSPS) is 14.0. The summed E-state index contributed by atoms with van der Waals surface area (Å²) in [6.07, 6.45) is 3.38. The van der Waals surface area contributed by atoms with E-state index in [9.17, 15) is 4.79 Å². The number of fused-ring (bicyclic) bond motifs is 1. The Hall–Kier alpha value is -2.14. The molecule has 2 aromatic rings.